The topological polar surface area (TPSA) is 72.3 Å². The van der Waals surface area contributed by atoms with E-state index in [2.05, 4.69) is 4.90 Å². The van der Waals surface area contributed by atoms with Gasteiger partial charge in [-0.15, -0.1) is 0 Å². The summed E-state index contributed by atoms with van der Waals surface area (Å²) < 4.78 is 0. The Hall–Kier alpha value is -0.610. The average Bonchev–Trinajstić information content (AvgIpc) is 2.06. The molecule has 0 aromatic carbocycles. The number of carbonyl (C=O) groups excluding carboxylic acids is 1. The molecule has 0 unspecified atom stereocenters. The van der Waals surface area contributed by atoms with Gasteiger partial charge in [-0.05, 0) is 33.0 Å². The first-order chi connectivity index (χ1) is 5.60. The highest BCUT2D eigenvalue weighted by atomic mass is 16.1. The molecule has 4 N–H and O–H groups in total. The Kier molecular flexibility index (Phi) is 2.69. The van der Waals surface area contributed by atoms with Crippen LogP contribution in [0.2, 0.25) is 0 Å². The molecule has 0 bridgehead atoms. The van der Waals surface area contributed by atoms with Gasteiger partial charge >= 0.3 is 0 Å². The monoisotopic (exact) mass is 171 g/mol. The summed E-state index contributed by atoms with van der Waals surface area (Å²) in [5.41, 5.74) is 10.5. The molecule has 0 spiro atoms. The first kappa shape index (κ1) is 9.48. The number of rotatable bonds is 2. The van der Waals surface area contributed by atoms with E-state index in [0.717, 1.165) is 25.9 Å². The second-order valence-electron chi connectivity index (χ2n) is 3.65. The first-order valence-electron chi connectivity index (χ1n) is 4.29. The number of nitrogens with two attached hydrogens (primary N) is 2. The summed E-state index contributed by atoms with van der Waals surface area (Å²) >= 11 is 0. The predicted molar refractivity (Wildman–Crippen MR) is 47.4 cm³/mol. The summed E-state index contributed by atoms with van der Waals surface area (Å²) in [7, 11) is 2.04. The third kappa shape index (κ3) is 1.59. The Morgan fingerprint density at radius 3 is 2.33 bits per heavy atom. The molecule has 0 saturated carbocycles. The van der Waals surface area contributed by atoms with Gasteiger partial charge in [0.05, 0.1) is 5.41 Å². The van der Waals surface area contributed by atoms with Crippen molar-refractivity contribution < 1.29 is 4.79 Å². The maximum atomic E-state index is 11.1. The van der Waals surface area contributed by atoms with Crippen molar-refractivity contribution in [3.63, 3.8) is 0 Å². The highest BCUT2D eigenvalue weighted by Gasteiger charge is 2.37. The van der Waals surface area contributed by atoms with Crippen LogP contribution in [0.25, 0.3) is 0 Å². The SMILES string of the molecule is CN1CCC(CN)(C(N)=O)CC1. The molecule has 0 atom stereocenters. The van der Waals surface area contributed by atoms with Gasteiger partial charge in [0.25, 0.3) is 0 Å². The Labute approximate surface area is 72.9 Å². The lowest BCUT2D eigenvalue weighted by Crippen LogP contribution is -2.50. The van der Waals surface area contributed by atoms with E-state index in [0.29, 0.717) is 6.54 Å². The van der Waals surface area contributed by atoms with Crippen LogP contribution < -0.4 is 11.5 Å². The molecule has 1 rings (SSSR count). The molecule has 1 aliphatic heterocycles. The minimum atomic E-state index is -0.424. The van der Waals surface area contributed by atoms with Crippen molar-refractivity contribution in [2.24, 2.45) is 16.9 Å². The number of piperidine rings is 1. The summed E-state index contributed by atoms with van der Waals surface area (Å²) in [6.45, 7) is 2.22. The number of carbonyl (C=O) groups is 1. The van der Waals surface area contributed by atoms with Crippen LogP contribution in [0.5, 0.6) is 0 Å². The molecule has 1 heterocycles. The van der Waals surface area contributed by atoms with Crippen LogP contribution in [0.3, 0.4) is 0 Å². The molecule has 12 heavy (non-hydrogen) atoms. The van der Waals surface area contributed by atoms with Gasteiger partial charge in [-0.25, -0.2) is 0 Å². The normalized spacial score (nSPS) is 23.8. The van der Waals surface area contributed by atoms with E-state index in [9.17, 15) is 4.79 Å². The van der Waals surface area contributed by atoms with Gasteiger partial charge < -0.3 is 16.4 Å². The molecule has 0 aliphatic carbocycles. The van der Waals surface area contributed by atoms with Gasteiger partial charge in [-0.3, -0.25) is 4.79 Å². The van der Waals surface area contributed by atoms with E-state index >= 15 is 0 Å². The summed E-state index contributed by atoms with van der Waals surface area (Å²) in [5.74, 6) is -0.238. The highest BCUT2D eigenvalue weighted by molar-refractivity contribution is 5.81. The zero-order chi connectivity index (χ0) is 9.19. The molecule has 4 nitrogen and oxygen atoms in total. The zero-order valence-electron chi connectivity index (χ0n) is 7.55. The Bertz CT molecular complexity index is 173. The van der Waals surface area contributed by atoms with E-state index in [1.165, 1.54) is 0 Å². The maximum Gasteiger partial charge on any atom is 0.225 e. The van der Waals surface area contributed by atoms with E-state index in [4.69, 9.17) is 11.5 Å². The second-order valence-corrected chi connectivity index (χ2v) is 3.65. The molecular formula is C8H17N3O. The fourth-order valence-electron chi connectivity index (χ4n) is 1.60. The summed E-state index contributed by atoms with van der Waals surface area (Å²) in [6.07, 6.45) is 1.60. The van der Waals surface area contributed by atoms with Gasteiger partial charge in [0.2, 0.25) is 5.91 Å². The lowest BCUT2D eigenvalue weighted by molar-refractivity contribution is -0.129. The van der Waals surface area contributed by atoms with Gasteiger partial charge in [-0.2, -0.15) is 0 Å². The van der Waals surface area contributed by atoms with Crippen LogP contribution in [0, 0.1) is 5.41 Å². The van der Waals surface area contributed by atoms with Gasteiger partial charge in [0.15, 0.2) is 0 Å². The van der Waals surface area contributed by atoms with E-state index in [-0.39, 0.29) is 5.91 Å². The zero-order valence-corrected chi connectivity index (χ0v) is 7.55. The molecular weight excluding hydrogens is 154 g/mol. The van der Waals surface area contributed by atoms with Crippen molar-refractivity contribution in [3.05, 3.63) is 0 Å². The van der Waals surface area contributed by atoms with Crippen molar-refractivity contribution in [3.8, 4) is 0 Å². The Morgan fingerprint density at radius 1 is 1.50 bits per heavy atom. The molecule has 70 valence electrons. The number of primary amides is 1. The largest absolute Gasteiger partial charge is 0.369 e. The van der Waals surface area contributed by atoms with Crippen molar-refractivity contribution in [2.45, 2.75) is 12.8 Å². The minimum absolute atomic E-state index is 0.238. The summed E-state index contributed by atoms with van der Waals surface area (Å²) in [6, 6.07) is 0. The molecule has 0 aromatic heterocycles. The van der Waals surface area contributed by atoms with Crippen molar-refractivity contribution in [1.29, 1.82) is 0 Å². The number of hydrogen-bond acceptors (Lipinski definition) is 3. The predicted octanol–water partition coefficient (Wildman–Crippen LogP) is -0.858. The van der Waals surface area contributed by atoms with E-state index < -0.39 is 5.41 Å². The third-order valence-corrected chi connectivity index (χ3v) is 2.86. The summed E-state index contributed by atoms with van der Waals surface area (Å²) in [5, 5.41) is 0. The smallest absolute Gasteiger partial charge is 0.225 e. The van der Waals surface area contributed by atoms with Crippen molar-refractivity contribution in [1.82, 2.24) is 4.90 Å². The van der Waals surface area contributed by atoms with Gasteiger partial charge in [0.1, 0.15) is 0 Å². The molecule has 0 aromatic rings. The molecule has 1 fully saturated rings. The van der Waals surface area contributed by atoms with Crippen molar-refractivity contribution >= 4 is 5.91 Å². The van der Waals surface area contributed by atoms with Crippen LogP contribution in [0.15, 0.2) is 0 Å². The quantitative estimate of drug-likeness (QED) is 0.568. The lowest BCUT2D eigenvalue weighted by Gasteiger charge is -2.37. The molecule has 1 aliphatic rings. The van der Waals surface area contributed by atoms with Crippen LogP contribution in [0.4, 0.5) is 0 Å². The van der Waals surface area contributed by atoms with E-state index in [1.54, 1.807) is 0 Å². The third-order valence-electron chi connectivity index (χ3n) is 2.86. The standard InChI is InChI=1S/C8H17N3O/c1-11-4-2-8(6-9,3-5-11)7(10)12/h2-6,9H2,1H3,(H2,10,12). The number of hydrogen-bond donors (Lipinski definition) is 2. The van der Waals surface area contributed by atoms with Gasteiger partial charge in [-0.1, -0.05) is 0 Å². The number of likely N-dealkylation sites (tertiary alicyclic amines) is 1. The Morgan fingerprint density at radius 2 is 2.00 bits per heavy atom. The molecule has 1 amide bonds. The highest BCUT2D eigenvalue weighted by Crippen LogP contribution is 2.29. The van der Waals surface area contributed by atoms with E-state index in [1.807, 2.05) is 7.05 Å². The average molecular weight is 171 g/mol. The summed E-state index contributed by atoms with van der Waals surface area (Å²) in [4.78, 5) is 13.3. The van der Waals surface area contributed by atoms with Gasteiger partial charge in [0, 0.05) is 6.54 Å². The molecule has 1 saturated heterocycles. The lowest BCUT2D eigenvalue weighted by atomic mass is 9.78. The van der Waals surface area contributed by atoms with Crippen molar-refractivity contribution in [2.75, 3.05) is 26.7 Å². The molecule has 0 radical (unpaired) electrons. The fraction of sp³-hybridized carbons (Fsp3) is 0.875. The second kappa shape index (κ2) is 3.41. The van der Waals surface area contributed by atoms with Crippen LogP contribution >= 0.6 is 0 Å². The minimum Gasteiger partial charge on any atom is -0.369 e. The number of nitrogens with zero attached hydrogens (tertiary/aromatic N) is 1. The van der Waals surface area contributed by atoms with Crippen LogP contribution in [-0.2, 0) is 4.79 Å². The first-order valence-corrected chi connectivity index (χ1v) is 4.29. The van der Waals surface area contributed by atoms with Crippen LogP contribution in [-0.4, -0.2) is 37.5 Å². The Balaban J connectivity index is 2.63. The maximum absolute atomic E-state index is 11.1. The number of amides is 1. The molecule has 4 heteroatoms. The fourth-order valence-corrected chi connectivity index (χ4v) is 1.60. The van der Waals surface area contributed by atoms with Crippen LogP contribution in [0.1, 0.15) is 12.8 Å².